The molecule has 0 bridgehead atoms. The molecule has 0 spiro atoms. The lowest BCUT2D eigenvalue weighted by Crippen LogP contribution is -2.41. The van der Waals surface area contributed by atoms with E-state index in [9.17, 15) is 14.4 Å². The first-order valence-electron chi connectivity index (χ1n) is 5.57. The molecule has 1 rings (SSSR count). The zero-order chi connectivity index (χ0) is 13.9. The molecule has 1 fully saturated rings. The Labute approximate surface area is 104 Å². The standard InChI is InChI=1S/C10H15BO7/c1-6(2)5-11-17-9(16)10(18-11,3-7(12)13)4-8(14)15/h6H,3-5H2,1-2H3,(H,12,13)(H,14,15). The van der Waals surface area contributed by atoms with Gasteiger partial charge in [-0.15, -0.1) is 0 Å². The van der Waals surface area contributed by atoms with Crippen LogP contribution in [0.3, 0.4) is 0 Å². The molecule has 2 N–H and O–H groups in total. The first-order chi connectivity index (χ1) is 8.25. The Morgan fingerprint density at radius 2 is 1.78 bits per heavy atom. The molecule has 0 aliphatic carbocycles. The second-order valence-electron chi connectivity index (χ2n) is 4.72. The first kappa shape index (κ1) is 14.5. The average Bonchev–Trinajstić information content (AvgIpc) is 2.38. The maximum absolute atomic E-state index is 11.7. The summed E-state index contributed by atoms with van der Waals surface area (Å²) in [4.78, 5) is 33.2. The zero-order valence-corrected chi connectivity index (χ0v) is 10.2. The predicted octanol–water partition coefficient (Wildman–Crippen LogP) is 0.392. The monoisotopic (exact) mass is 258 g/mol. The van der Waals surface area contributed by atoms with Gasteiger partial charge < -0.3 is 19.5 Å². The highest BCUT2D eigenvalue weighted by Crippen LogP contribution is 2.32. The summed E-state index contributed by atoms with van der Waals surface area (Å²) in [6, 6.07) is 0. The van der Waals surface area contributed by atoms with Gasteiger partial charge in [-0.3, -0.25) is 14.4 Å². The van der Waals surface area contributed by atoms with Crippen LogP contribution in [0, 0.1) is 5.92 Å². The van der Waals surface area contributed by atoms with Gasteiger partial charge in [0.05, 0.1) is 12.8 Å². The van der Waals surface area contributed by atoms with Gasteiger partial charge in [-0.1, -0.05) is 13.8 Å². The number of hydrogen-bond donors (Lipinski definition) is 2. The molecular weight excluding hydrogens is 243 g/mol. The maximum Gasteiger partial charge on any atom is 0.528 e. The largest absolute Gasteiger partial charge is 0.528 e. The van der Waals surface area contributed by atoms with E-state index in [-0.39, 0.29) is 5.92 Å². The Kier molecular flexibility index (Phi) is 4.34. The molecule has 0 radical (unpaired) electrons. The van der Waals surface area contributed by atoms with Crippen molar-refractivity contribution in [3.05, 3.63) is 0 Å². The summed E-state index contributed by atoms with van der Waals surface area (Å²) in [5.74, 6) is -3.36. The number of carboxylic acid groups (broad SMARTS) is 2. The molecule has 0 aromatic rings. The van der Waals surface area contributed by atoms with Gasteiger partial charge in [0.15, 0.2) is 5.60 Å². The van der Waals surface area contributed by atoms with E-state index in [4.69, 9.17) is 19.5 Å². The third-order valence-corrected chi connectivity index (χ3v) is 2.50. The van der Waals surface area contributed by atoms with Crippen LogP contribution in [0.15, 0.2) is 0 Å². The summed E-state index contributed by atoms with van der Waals surface area (Å²) in [6.07, 6.45) is -1.04. The smallest absolute Gasteiger partial charge is 0.507 e. The summed E-state index contributed by atoms with van der Waals surface area (Å²) in [5, 5.41) is 17.5. The molecule has 1 heterocycles. The van der Waals surface area contributed by atoms with Crippen molar-refractivity contribution < 1.29 is 33.9 Å². The van der Waals surface area contributed by atoms with Crippen LogP contribution < -0.4 is 0 Å². The highest BCUT2D eigenvalue weighted by molar-refractivity contribution is 6.49. The molecular formula is C10H15BO7. The van der Waals surface area contributed by atoms with Crippen LogP contribution in [0.5, 0.6) is 0 Å². The lowest BCUT2D eigenvalue weighted by Gasteiger charge is -2.21. The lowest BCUT2D eigenvalue weighted by molar-refractivity contribution is -0.157. The van der Waals surface area contributed by atoms with E-state index in [2.05, 4.69) is 0 Å². The Bertz CT molecular complexity index is 349. The van der Waals surface area contributed by atoms with Gasteiger partial charge in [-0.05, 0) is 12.2 Å². The van der Waals surface area contributed by atoms with Crippen LogP contribution >= 0.6 is 0 Å². The van der Waals surface area contributed by atoms with Crippen molar-refractivity contribution in [3.8, 4) is 0 Å². The molecule has 7 nitrogen and oxygen atoms in total. The average molecular weight is 258 g/mol. The Morgan fingerprint density at radius 1 is 1.28 bits per heavy atom. The van der Waals surface area contributed by atoms with E-state index in [1.54, 1.807) is 0 Å². The number of carboxylic acids is 2. The van der Waals surface area contributed by atoms with Gasteiger partial charge in [-0.25, -0.2) is 0 Å². The van der Waals surface area contributed by atoms with Gasteiger partial charge in [0.25, 0.3) is 0 Å². The highest BCUT2D eigenvalue weighted by Gasteiger charge is 2.55. The Morgan fingerprint density at radius 3 is 2.17 bits per heavy atom. The van der Waals surface area contributed by atoms with Gasteiger partial charge in [0.1, 0.15) is 0 Å². The topological polar surface area (TPSA) is 110 Å². The number of aliphatic carboxylic acids is 2. The molecule has 1 aliphatic heterocycles. The number of rotatable bonds is 6. The summed E-state index contributed by atoms with van der Waals surface area (Å²) in [5.41, 5.74) is -1.91. The van der Waals surface area contributed by atoms with Crippen LogP contribution in [-0.4, -0.2) is 40.8 Å². The van der Waals surface area contributed by atoms with Crippen molar-refractivity contribution in [3.63, 3.8) is 0 Å². The van der Waals surface area contributed by atoms with Crippen molar-refractivity contribution in [2.24, 2.45) is 5.92 Å². The van der Waals surface area contributed by atoms with Gasteiger partial charge in [-0.2, -0.15) is 0 Å². The number of hydrogen-bond acceptors (Lipinski definition) is 5. The number of carbonyl (C=O) groups is 3. The predicted molar refractivity (Wildman–Crippen MR) is 59.8 cm³/mol. The molecule has 0 saturated carbocycles. The van der Waals surface area contributed by atoms with Gasteiger partial charge in [0.2, 0.25) is 0 Å². The van der Waals surface area contributed by atoms with E-state index < -0.39 is 43.5 Å². The minimum absolute atomic E-state index is 0.174. The quantitative estimate of drug-likeness (QED) is 0.663. The van der Waals surface area contributed by atoms with Crippen LogP contribution in [0.1, 0.15) is 26.7 Å². The molecule has 1 aliphatic rings. The molecule has 0 amide bonds. The third-order valence-electron chi connectivity index (χ3n) is 2.50. The molecule has 0 atom stereocenters. The van der Waals surface area contributed by atoms with Crippen LogP contribution in [-0.2, 0) is 23.7 Å². The van der Waals surface area contributed by atoms with Crippen molar-refractivity contribution in [1.29, 1.82) is 0 Å². The molecule has 0 unspecified atom stereocenters. The maximum atomic E-state index is 11.7. The third kappa shape index (κ3) is 3.46. The fourth-order valence-corrected chi connectivity index (χ4v) is 1.81. The van der Waals surface area contributed by atoms with Gasteiger partial charge in [0, 0.05) is 0 Å². The van der Waals surface area contributed by atoms with Crippen molar-refractivity contribution >= 4 is 25.0 Å². The summed E-state index contributed by atoms with van der Waals surface area (Å²) in [6.45, 7) is 3.76. The van der Waals surface area contributed by atoms with Crippen molar-refractivity contribution in [2.75, 3.05) is 0 Å². The molecule has 100 valence electrons. The minimum atomic E-state index is -1.91. The molecule has 0 aromatic carbocycles. The highest BCUT2D eigenvalue weighted by atomic mass is 16.7. The molecule has 1 saturated heterocycles. The van der Waals surface area contributed by atoms with E-state index >= 15 is 0 Å². The fourth-order valence-electron chi connectivity index (χ4n) is 1.81. The van der Waals surface area contributed by atoms with E-state index in [0.717, 1.165) is 0 Å². The van der Waals surface area contributed by atoms with E-state index in [1.807, 2.05) is 13.8 Å². The van der Waals surface area contributed by atoms with Crippen molar-refractivity contribution in [1.82, 2.24) is 0 Å². The van der Waals surface area contributed by atoms with Crippen LogP contribution in [0.25, 0.3) is 0 Å². The van der Waals surface area contributed by atoms with E-state index in [0.29, 0.717) is 6.32 Å². The Hall–Kier alpha value is -1.57. The summed E-state index contributed by atoms with van der Waals surface area (Å²) < 4.78 is 10.2. The van der Waals surface area contributed by atoms with Crippen LogP contribution in [0.2, 0.25) is 6.32 Å². The fraction of sp³-hybridized carbons (Fsp3) is 0.700. The molecule has 8 heteroatoms. The van der Waals surface area contributed by atoms with Crippen LogP contribution in [0.4, 0.5) is 0 Å². The van der Waals surface area contributed by atoms with Gasteiger partial charge >= 0.3 is 25.0 Å². The Balaban J connectivity index is 2.86. The SMILES string of the molecule is CC(C)CB1OC(=O)C(CC(=O)O)(CC(=O)O)O1. The summed E-state index contributed by atoms with van der Waals surface area (Å²) in [7, 11) is -0.879. The second kappa shape index (κ2) is 5.39. The lowest BCUT2D eigenvalue weighted by atomic mass is 9.78. The number of carbonyl (C=O) groups excluding carboxylic acids is 1. The zero-order valence-electron chi connectivity index (χ0n) is 10.2. The summed E-state index contributed by atoms with van der Waals surface area (Å²) >= 11 is 0. The van der Waals surface area contributed by atoms with Crippen molar-refractivity contribution in [2.45, 2.75) is 38.6 Å². The van der Waals surface area contributed by atoms with E-state index in [1.165, 1.54) is 0 Å². The second-order valence-corrected chi connectivity index (χ2v) is 4.72. The first-order valence-corrected chi connectivity index (χ1v) is 5.57. The molecule has 0 aromatic heterocycles. The normalized spacial score (nSPS) is 17.9. The molecule has 18 heavy (non-hydrogen) atoms. The minimum Gasteiger partial charge on any atom is -0.507 e.